The van der Waals surface area contributed by atoms with E-state index in [0.717, 1.165) is 12.8 Å². The Bertz CT molecular complexity index is 457. The lowest BCUT2D eigenvalue weighted by Gasteiger charge is -2.30. The van der Waals surface area contributed by atoms with Crippen LogP contribution in [-0.2, 0) is 9.59 Å². The molecule has 1 amide bonds. The summed E-state index contributed by atoms with van der Waals surface area (Å²) in [6.07, 6.45) is 3.10. The van der Waals surface area contributed by atoms with Crippen molar-refractivity contribution in [3.63, 3.8) is 0 Å². The fraction of sp³-hybridized carbons (Fsp3) is 0.667. The number of nitrogens with one attached hydrogen (secondary N) is 1. The normalized spacial score (nSPS) is 18.2. The Morgan fingerprint density at radius 3 is 2.38 bits per heavy atom. The van der Waals surface area contributed by atoms with E-state index >= 15 is 0 Å². The molecule has 1 heterocycles. The minimum Gasteiger partial charge on any atom is -0.480 e. The molecular formula is C15H23N3O3. The summed E-state index contributed by atoms with van der Waals surface area (Å²) in [6, 6.07) is 1.04. The second-order valence-electron chi connectivity index (χ2n) is 5.87. The van der Waals surface area contributed by atoms with Crippen LogP contribution >= 0.6 is 0 Å². The quantitative estimate of drug-likeness (QED) is 0.589. The summed E-state index contributed by atoms with van der Waals surface area (Å²) < 4.78 is 0. The molecule has 0 saturated carbocycles. The molecule has 1 fully saturated rings. The highest BCUT2D eigenvalue weighted by molar-refractivity contribution is 5.97. The molecular weight excluding hydrogens is 270 g/mol. The van der Waals surface area contributed by atoms with Crippen LogP contribution in [0.4, 0.5) is 0 Å². The van der Waals surface area contributed by atoms with Crippen molar-refractivity contribution in [3.05, 3.63) is 11.8 Å². The van der Waals surface area contributed by atoms with Gasteiger partial charge in [0.1, 0.15) is 17.7 Å². The van der Waals surface area contributed by atoms with Crippen molar-refractivity contribution in [2.24, 2.45) is 11.8 Å². The first-order valence-corrected chi connectivity index (χ1v) is 7.25. The smallest absolute Gasteiger partial charge is 0.326 e. The molecule has 1 aliphatic heterocycles. The zero-order valence-corrected chi connectivity index (χ0v) is 12.8. The van der Waals surface area contributed by atoms with Crippen LogP contribution in [-0.4, -0.2) is 41.0 Å². The lowest BCUT2D eigenvalue weighted by Crippen LogP contribution is -2.41. The van der Waals surface area contributed by atoms with Crippen LogP contribution in [0.25, 0.3) is 0 Å². The van der Waals surface area contributed by atoms with E-state index in [1.807, 2.05) is 6.07 Å². The van der Waals surface area contributed by atoms with Gasteiger partial charge in [-0.25, -0.2) is 4.79 Å². The number of carboxylic acid groups (broad SMARTS) is 1. The van der Waals surface area contributed by atoms with Crippen LogP contribution < -0.4 is 5.32 Å². The van der Waals surface area contributed by atoms with Crippen molar-refractivity contribution in [1.29, 1.82) is 5.26 Å². The van der Waals surface area contributed by atoms with Gasteiger partial charge in [0.15, 0.2) is 0 Å². The Balaban J connectivity index is 2.73. The lowest BCUT2D eigenvalue weighted by atomic mass is 9.99. The van der Waals surface area contributed by atoms with Crippen molar-refractivity contribution in [2.75, 3.05) is 13.1 Å². The summed E-state index contributed by atoms with van der Waals surface area (Å²) in [6.45, 7) is 6.96. The second-order valence-corrected chi connectivity index (χ2v) is 5.87. The number of rotatable bonds is 5. The zero-order chi connectivity index (χ0) is 16.0. The minimum absolute atomic E-state index is 0.0450. The zero-order valence-electron chi connectivity index (χ0n) is 12.8. The molecule has 0 aromatic heterocycles. The van der Waals surface area contributed by atoms with Gasteiger partial charge in [-0.3, -0.25) is 4.79 Å². The van der Waals surface area contributed by atoms with Gasteiger partial charge in [-0.05, 0) is 24.7 Å². The fourth-order valence-corrected chi connectivity index (χ4v) is 2.25. The minimum atomic E-state index is -1.00. The molecule has 1 saturated heterocycles. The van der Waals surface area contributed by atoms with Gasteiger partial charge < -0.3 is 15.3 Å². The van der Waals surface area contributed by atoms with E-state index in [1.165, 1.54) is 6.20 Å². The summed E-state index contributed by atoms with van der Waals surface area (Å²) in [7, 11) is 0. The number of nitrogens with zero attached hydrogens (tertiary/aromatic N) is 2. The number of hydrogen-bond acceptors (Lipinski definition) is 4. The topological polar surface area (TPSA) is 93.4 Å². The molecule has 0 radical (unpaired) electrons. The maximum atomic E-state index is 12.2. The summed E-state index contributed by atoms with van der Waals surface area (Å²) in [4.78, 5) is 25.0. The summed E-state index contributed by atoms with van der Waals surface area (Å²) in [5.74, 6) is -0.883. The van der Waals surface area contributed by atoms with Gasteiger partial charge in [-0.1, -0.05) is 20.8 Å². The van der Waals surface area contributed by atoms with Crippen molar-refractivity contribution in [3.8, 4) is 6.07 Å². The first-order chi connectivity index (χ1) is 9.86. The van der Waals surface area contributed by atoms with Crippen LogP contribution in [0, 0.1) is 23.2 Å². The number of carbonyl (C=O) groups excluding carboxylic acids is 1. The summed E-state index contributed by atoms with van der Waals surface area (Å²) >= 11 is 0. The molecule has 0 spiro atoms. The first kappa shape index (κ1) is 17.0. The van der Waals surface area contributed by atoms with E-state index in [-0.39, 0.29) is 17.4 Å². The predicted molar refractivity (Wildman–Crippen MR) is 78.1 cm³/mol. The molecule has 2 N–H and O–H groups in total. The molecule has 6 nitrogen and oxygen atoms in total. The third-order valence-electron chi connectivity index (χ3n) is 3.76. The van der Waals surface area contributed by atoms with Crippen molar-refractivity contribution in [1.82, 2.24) is 10.2 Å². The molecule has 0 aliphatic carbocycles. The fourth-order valence-electron chi connectivity index (χ4n) is 2.25. The van der Waals surface area contributed by atoms with E-state index in [1.54, 1.807) is 18.7 Å². The van der Waals surface area contributed by atoms with Crippen molar-refractivity contribution >= 4 is 11.9 Å². The van der Waals surface area contributed by atoms with Crippen LogP contribution in [0.2, 0.25) is 0 Å². The average molecular weight is 293 g/mol. The van der Waals surface area contributed by atoms with E-state index in [2.05, 4.69) is 12.2 Å². The average Bonchev–Trinajstić information content (AvgIpc) is 2.43. The molecule has 1 atom stereocenters. The summed E-state index contributed by atoms with van der Waals surface area (Å²) in [5, 5.41) is 20.9. The van der Waals surface area contributed by atoms with Crippen molar-refractivity contribution in [2.45, 2.75) is 39.7 Å². The van der Waals surface area contributed by atoms with Crippen LogP contribution in [0.15, 0.2) is 11.8 Å². The SMILES string of the molecule is CC1CCN(C(=O)/C(C#N)=C\NC(C(=O)O)C(C)C)CC1. The van der Waals surface area contributed by atoms with Crippen LogP contribution in [0.3, 0.4) is 0 Å². The summed E-state index contributed by atoms with van der Waals surface area (Å²) in [5.41, 5.74) is -0.0450. The van der Waals surface area contributed by atoms with E-state index in [9.17, 15) is 9.59 Å². The van der Waals surface area contributed by atoms with E-state index in [4.69, 9.17) is 10.4 Å². The third-order valence-corrected chi connectivity index (χ3v) is 3.76. The van der Waals surface area contributed by atoms with Gasteiger partial charge in [-0.2, -0.15) is 5.26 Å². The highest BCUT2D eigenvalue weighted by Crippen LogP contribution is 2.17. The molecule has 0 aromatic rings. The van der Waals surface area contributed by atoms with Gasteiger partial charge in [0.05, 0.1) is 0 Å². The van der Waals surface area contributed by atoms with Crippen molar-refractivity contribution < 1.29 is 14.7 Å². The van der Waals surface area contributed by atoms with Crippen LogP contribution in [0.5, 0.6) is 0 Å². The number of nitriles is 1. The number of piperidine rings is 1. The van der Waals surface area contributed by atoms with Gasteiger partial charge >= 0.3 is 5.97 Å². The van der Waals surface area contributed by atoms with E-state index < -0.39 is 12.0 Å². The Morgan fingerprint density at radius 1 is 1.38 bits per heavy atom. The number of hydrogen-bond donors (Lipinski definition) is 2. The Kier molecular flexibility index (Phi) is 6.22. The second kappa shape index (κ2) is 7.67. The third kappa shape index (κ3) is 4.78. The molecule has 0 bridgehead atoms. The molecule has 1 rings (SSSR count). The molecule has 6 heteroatoms. The Hall–Kier alpha value is -2.03. The number of amides is 1. The van der Waals surface area contributed by atoms with Gasteiger partial charge in [0.2, 0.25) is 0 Å². The maximum Gasteiger partial charge on any atom is 0.326 e. The highest BCUT2D eigenvalue weighted by atomic mass is 16.4. The number of carboxylic acids is 1. The van der Waals surface area contributed by atoms with Gasteiger partial charge in [-0.15, -0.1) is 0 Å². The molecule has 1 aliphatic rings. The lowest BCUT2D eigenvalue weighted by molar-refractivity contribution is -0.140. The number of carbonyl (C=O) groups is 2. The van der Waals surface area contributed by atoms with E-state index in [0.29, 0.717) is 19.0 Å². The Morgan fingerprint density at radius 2 is 1.95 bits per heavy atom. The largest absolute Gasteiger partial charge is 0.480 e. The molecule has 0 aromatic carbocycles. The molecule has 116 valence electrons. The van der Waals surface area contributed by atoms with Crippen LogP contribution in [0.1, 0.15) is 33.6 Å². The standard InChI is InChI=1S/C15H23N3O3/c1-10(2)13(15(20)21)17-9-12(8-16)14(19)18-6-4-11(3)5-7-18/h9-11,13,17H,4-7H2,1-3H3,(H,20,21)/b12-9-. The molecule has 21 heavy (non-hydrogen) atoms. The molecule has 1 unspecified atom stereocenters. The monoisotopic (exact) mass is 293 g/mol. The predicted octanol–water partition coefficient (Wildman–Crippen LogP) is 1.35. The maximum absolute atomic E-state index is 12.2. The van der Waals surface area contributed by atoms with Gasteiger partial charge in [0.25, 0.3) is 5.91 Å². The highest BCUT2D eigenvalue weighted by Gasteiger charge is 2.24. The Labute approximate surface area is 125 Å². The number of aliphatic carboxylic acids is 1. The number of likely N-dealkylation sites (tertiary alicyclic amines) is 1. The van der Waals surface area contributed by atoms with Gasteiger partial charge in [0, 0.05) is 19.3 Å². The first-order valence-electron chi connectivity index (χ1n) is 7.25.